The van der Waals surface area contributed by atoms with Crippen LogP contribution in [0.4, 0.5) is 0 Å². The lowest BCUT2D eigenvalue weighted by Gasteiger charge is -2.33. The first-order valence-electron chi connectivity index (χ1n) is 9.25. The Hall–Kier alpha value is -2.37. The molecule has 4 rings (SSSR count). The Morgan fingerprint density at radius 2 is 1.93 bits per heavy atom. The van der Waals surface area contributed by atoms with E-state index in [-0.39, 0.29) is 18.3 Å². The van der Waals surface area contributed by atoms with E-state index in [2.05, 4.69) is 52.2 Å². The van der Waals surface area contributed by atoms with Crippen molar-refractivity contribution >= 4 is 12.4 Å². The van der Waals surface area contributed by atoms with Crippen LogP contribution < -0.4 is 0 Å². The van der Waals surface area contributed by atoms with E-state index in [0.717, 1.165) is 43.6 Å². The molecule has 0 fully saturated rings. The number of likely N-dealkylation sites (N-methyl/N-ethyl adjacent to an activating group) is 1. The zero-order chi connectivity index (χ0) is 17.9. The van der Waals surface area contributed by atoms with Gasteiger partial charge in [0.2, 0.25) is 5.88 Å². The zero-order valence-corrected chi connectivity index (χ0v) is 16.3. The first-order chi connectivity index (χ1) is 12.8. The summed E-state index contributed by atoms with van der Waals surface area (Å²) in [5, 5.41) is 15.3. The minimum absolute atomic E-state index is 0. The zero-order valence-electron chi connectivity index (χ0n) is 15.5. The molecule has 1 unspecified atom stereocenters. The lowest BCUT2D eigenvalue weighted by atomic mass is 9.91. The highest BCUT2D eigenvalue weighted by Crippen LogP contribution is 2.32. The molecule has 0 bridgehead atoms. The van der Waals surface area contributed by atoms with Crippen molar-refractivity contribution in [2.45, 2.75) is 38.8 Å². The fraction of sp³-hybridized carbons (Fsp3) is 0.333. The van der Waals surface area contributed by atoms with Gasteiger partial charge in [0.1, 0.15) is 0 Å². The summed E-state index contributed by atoms with van der Waals surface area (Å²) in [7, 11) is 0. The normalized spacial score (nSPS) is 16.0. The fourth-order valence-corrected chi connectivity index (χ4v) is 3.80. The van der Waals surface area contributed by atoms with Crippen molar-refractivity contribution in [3.05, 3.63) is 71.5 Å². The number of hydrogen-bond donors (Lipinski definition) is 1. The standard InChI is InChI=1S/C21H24N4O.ClH/c1-2-24(15-16-8-4-3-5-9-16)17-11-12-19-18(14-17)21(26)25(23-19)20-10-6-7-13-22-20;/h3-10,13,17,26H,2,11-12,14-15H2,1H3;1H. The minimum atomic E-state index is 0. The number of hydrogen-bond acceptors (Lipinski definition) is 4. The Kier molecular flexibility index (Phi) is 6.14. The van der Waals surface area contributed by atoms with Crippen molar-refractivity contribution in [3.8, 4) is 11.7 Å². The number of rotatable bonds is 5. The van der Waals surface area contributed by atoms with Crippen LogP contribution >= 0.6 is 12.4 Å². The molecule has 27 heavy (non-hydrogen) atoms. The van der Waals surface area contributed by atoms with Crippen LogP contribution in [0.25, 0.3) is 5.82 Å². The van der Waals surface area contributed by atoms with Crippen molar-refractivity contribution in [2.24, 2.45) is 0 Å². The Bertz CT molecular complexity index is 867. The smallest absolute Gasteiger partial charge is 0.219 e. The Morgan fingerprint density at radius 1 is 1.15 bits per heavy atom. The molecular weight excluding hydrogens is 360 g/mol. The summed E-state index contributed by atoms with van der Waals surface area (Å²) >= 11 is 0. The van der Waals surface area contributed by atoms with Crippen LogP contribution in [0.3, 0.4) is 0 Å². The second-order valence-electron chi connectivity index (χ2n) is 6.79. The first kappa shape index (κ1) is 19.4. The van der Waals surface area contributed by atoms with Gasteiger partial charge in [-0.05, 0) is 43.5 Å². The molecule has 1 N–H and O–H groups in total. The van der Waals surface area contributed by atoms with Crippen molar-refractivity contribution in [2.75, 3.05) is 6.54 Å². The van der Waals surface area contributed by atoms with Crippen LogP contribution in [0.5, 0.6) is 5.88 Å². The molecule has 5 nitrogen and oxygen atoms in total. The number of nitrogens with zero attached hydrogens (tertiary/aromatic N) is 4. The van der Waals surface area contributed by atoms with E-state index in [1.54, 1.807) is 10.9 Å². The summed E-state index contributed by atoms with van der Waals surface area (Å²) in [6.07, 6.45) is 4.50. The molecule has 0 radical (unpaired) electrons. The molecule has 1 aliphatic rings. The molecule has 0 aliphatic heterocycles. The van der Waals surface area contributed by atoms with Crippen LogP contribution in [0.15, 0.2) is 54.7 Å². The van der Waals surface area contributed by atoms with Crippen LogP contribution in [-0.4, -0.2) is 37.4 Å². The van der Waals surface area contributed by atoms with Gasteiger partial charge in [0.05, 0.1) is 5.69 Å². The molecule has 6 heteroatoms. The lowest BCUT2D eigenvalue weighted by Crippen LogP contribution is -2.38. The lowest BCUT2D eigenvalue weighted by molar-refractivity contribution is 0.179. The van der Waals surface area contributed by atoms with Gasteiger partial charge in [-0.2, -0.15) is 9.78 Å². The number of benzene rings is 1. The second kappa shape index (κ2) is 8.55. The number of pyridine rings is 1. The number of aryl methyl sites for hydroxylation is 1. The molecule has 3 aromatic rings. The molecule has 0 saturated carbocycles. The van der Waals surface area contributed by atoms with Crippen LogP contribution in [0.2, 0.25) is 0 Å². The van der Waals surface area contributed by atoms with Crippen LogP contribution in [0.1, 0.15) is 30.2 Å². The average molecular weight is 385 g/mol. The van der Waals surface area contributed by atoms with Crippen LogP contribution in [-0.2, 0) is 19.4 Å². The Balaban J connectivity index is 0.00000210. The van der Waals surface area contributed by atoms with Gasteiger partial charge in [-0.25, -0.2) is 4.98 Å². The molecule has 1 aromatic carbocycles. The third-order valence-corrected chi connectivity index (χ3v) is 5.21. The van der Waals surface area contributed by atoms with Crippen molar-refractivity contribution in [1.82, 2.24) is 19.7 Å². The molecule has 142 valence electrons. The Morgan fingerprint density at radius 3 is 2.63 bits per heavy atom. The first-order valence-corrected chi connectivity index (χ1v) is 9.25. The monoisotopic (exact) mass is 384 g/mol. The molecule has 0 spiro atoms. The number of fused-ring (bicyclic) bond motifs is 1. The number of aromatic hydroxyl groups is 1. The quantitative estimate of drug-likeness (QED) is 0.727. The van der Waals surface area contributed by atoms with Gasteiger partial charge in [0, 0.05) is 24.3 Å². The second-order valence-corrected chi connectivity index (χ2v) is 6.79. The molecular formula is C21H25ClN4O. The largest absolute Gasteiger partial charge is 0.493 e. The Labute approximate surface area is 166 Å². The summed E-state index contributed by atoms with van der Waals surface area (Å²) in [5.74, 6) is 0.895. The highest BCUT2D eigenvalue weighted by atomic mass is 35.5. The van der Waals surface area contributed by atoms with E-state index >= 15 is 0 Å². The van der Waals surface area contributed by atoms with E-state index in [1.165, 1.54) is 5.56 Å². The molecule has 1 atom stereocenters. The van der Waals surface area contributed by atoms with Crippen molar-refractivity contribution in [3.63, 3.8) is 0 Å². The van der Waals surface area contributed by atoms with Gasteiger partial charge in [0.25, 0.3) is 0 Å². The summed E-state index contributed by atoms with van der Waals surface area (Å²) in [4.78, 5) is 6.81. The van der Waals surface area contributed by atoms with Crippen molar-refractivity contribution < 1.29 is 5.11 Å². The van der Waals surface area contributed by atoms with Crippen LogP contribution in [0, 0.1) is 0 Å². The van der Waals surface area contributed by atoms with E-state index in [9.17, 15) is 5.11 Å². The van der Waals surface area contributed by atoms with Gasteiger partial charge in [0.15, 0.2) is 5.82 Å². The summed E-state index contributed by atoms with van der Waals surface area (Å²) < 4.78 is 1.57. The number of halogens is 1. The summed E-state index contributed by atoms with van der Waals surface area (Å²) in [6, 6.07) is 16.6. The van der Waals surface area contributed by atoms with E-state index < -0.39 is 0 Å². The molecule has 0 amide bonds. The van der Waals surface area contributed by atoms with E-state index in [1.807, 2.05) is 18.2 Å². The predicted molar refractivity (Wildman–Crippen MR) is 109 cm³/mol. The highest BCUT2D eigenvalue weighted by molar-refractivity contribution is 5.85. The summed E-state index contributed by atoms with van der Waals surface area (Å²) in [5.41, 5.74) is 3.30. The van der Waals surface area contributed by atoms with Crippen molar-refractivity contribution in [1.29, 1.82) is 0 Å². The number of aromatic nitrogens is 3. The average Bonchev–Trinajstić information content (AvgIpc) is 3.04. The third kappa shape index (κ3) is 3.99. The third-order valence-electron chi connectivity index (χ3n) is 5.21. The van der Waals surface area contributed by atoms with Gasteiger partial charge in [-0.1, -0.05) is 43.3 Å². The predicted octanol–water partition coefficient (Wildman–Crippen LogP) is 3.77. The molecule has 2 aromatic heterocycles. The molecule has 0 saturated heterocycles. The minimum Gasteiger partial charge on any atom is -0.493 e. The van der Waals surface area contributed by atoms with Gasteiger partial charge in [-0.15, -0.1) is 12.4 Å². The van der Waals surface area contributed by atoms with Gasteiger partial charge < -0.3 is 5.11 Å². The summed E-state index contributed by atoms with van der Waals surface area (Å²) in [6.45, 7) is 4.13. The maximum Gasteiger partial charge on any atom is 0.219 e. The maximum atomic E-state index is 10.7. The SMILES string of the molecule is CCN(Cc1ccccc1)C1CCc2nn(-c3ccccn3)c(O)c2C1.Cl. The fourth-order valence-electron chi connectivity index (χ4n) is 3.80. The van der Waals surface area contributed by atoms with E-state index in [0.29, 0.717) is 11.9 Å². The highest BCUT2D eigenvalue weighted by Gasteiger charge is 2.29. The molecule has 1 aliphatic carbocycles. The van der Waals surface area contributed by atoms with E-state index in [4.69, 9.17) is 0 Å². The molecule has 2 heterocycles. The topological polar surface area (TPSA) is 54.2 Å². The van der Waals surface area contributed by atoms with Gasteiger partial charge in [-0.3, -0.25) is 4.90 Å². The van der Waals surface area contributed by atoms with Gasteiger partial charge >= 0.3 is 0 Å². The maximum absolute atomic E-state index is 10.7.